The van der Waals surface area contributed by atoms with Gasteiger partial charge < -0.3 is 85.5 Å². The molecule has 0 aromatic carbocycles. The van der Waals surface area contributed by atoms with Gasteiger partial charge in [0.15, 0.2) is 29.4 Å². The smallest absolute Gasteiger partial charge is 0.341 e. The van der Waals surface area contributed by atoms with Gasteiger partial charge in [-0.3, -0.25) is 28.8 Å². The molecule has 3 aliphatic rings. The summed E-state index contributed by atoms with van der Waals surface area (Å²) < 4.78 is 40.7. The molecule has 3 rings (SSSR count). The van der Waals surface area contributed by atoms with E-state index >= 15 is 0 Å². The minimum atomic E-state index is -3.26. The molecule has 2 fully saturated rings. The zero-order chi connectivity index (χ0) is 56.3. The van der Waals surface area contributed by atoms with Crippen molar-refractivity contribution in [3.05, 3.63) is 11.3 Å². The maximum absolute atomic E-state index is 14.8. The summed E-state index contributed by atoms with van der Waals surface area (Å²) in [5.41, 5.74) is -2.05. The van der Waals surface area contributed by atoms with E-state index in [-0.39, 0.29) is 15.8 Å². The third-order valence-corrected chi connectivity index (χ3v) is 15.1. The van der Waals surface area contributed by atoms with E-state index in [2.05, 4.69) is 16.0 Å². The summed E-state index contributed by atoms with van der Waals surface area (Å²) in [6.45, 7) is 9.70. The molecule has 0 saturated carbocycles. The molecular formula is C44H64N4O23S3. The molecule has 0 radical (unpaired) electrons. The van der Waals surface area contributed by atoms with Crippen LogP contribution in [0.3, 0.4) is 0 Å². The summed E-state index contributed by atoms with van der Waals surface area (Å²) in [7, 11) is 1.21. The largest absolute Gasteiger partial charge is 0.480 e. The fourth-order valence-corrected chi connectivity index (χ4v) is 10.3. The predicted octanol–water partition coefficient (Wildman–Crippen LogP) is -2.32. The van der Waals surface area contributed by atoms with Gasteiger partial charge in [0.2, 0.25) is 17.6 Å². The number of thiocarbonyl (C=S) groups is 1. The van der Waals surface area contributed by atoms with Gasteiger partial charge in [0.1, 0.15) is 65.1 Å². The standard InChI is InChI=1S/C44H64N4O23S3/c1-10-16(2)40(61)68-19(5)44(64)18(4)67-28(11-27(44)65-9)70-34-32(53)36(43(63)12-25(52)30(45)29(35(43)54)39(59)60)69-26(13-66-22(8)51)33(34)71-41(62)31(17(3)73-14-23(37(55)56)46-20(6)49)48-42(72)74-15-24(38(57)58)47-21(7)50/h16-19,23-24,26-28,31-34,36,53,63-64H,10-15,45H2,1-9H3,(H,46,49)(H,47,50)(H,48,72)(H,55,56)(H,57,58)(H,59,60)/t16-,17?,18-,19-,23-,24-,26+,27-,28-,31?,32+,33+,34-,36+,43+,44-/m0/s1. The zero-order valence-corrected chi connectivity index (χ0v) is 44.2. The van der Waals surface area contributed by atoms with Gasteiger partial charge in [-0.25, -0.2) is 19.2 Å². The van der Waals surface area contributed by atoms with Gasteiger partial charge in [0, 0.05) is 51.1 Å². The molecule has 27 nitrogen and oxygen atoms in total. The van der Waals surface area contributed by atoms with Crippen LogP contribution in [-0.4, -0.2) is 209 Å². The molecule has 2 saturated heterocycles. The van der Waals surface area contributed by atoms with Crippen LogP contribution in [-0.2, 0) is 81.1 Å². The lowest BCUT2D eigenvalue weighted by atomic mass is 9.73. The van der Waals surface area contributed by atoms with Crippen LogP contribution < -0.4 is 21.7 Å². The first-order chi connectivity index (χ1) is 34.3. The average molecular weight is 1110 g/mol. The van der Waals surface area contributed by atoms with Crippen LogP contribution in [0.1, 0.15) is 74.7 Å². The van der Waals surface area contributed by atoms with Gasteiger partial charge in [0.25, 0.3) is 0 Å². The number of methoxy groups -OCH3 is 1. The maximum atomic E-state index is 14.8. The molecule has 1 aliphatic carbocycles. The number of allylic oxidation sites excluding steroid dienone is 1. The normalized spacial score (nSPS) is 29.5. The van der Waals surface area contributed by atoms with Crippen molar-refractivity contribution in [2.24, 2.45) is 11.7 Å². The van der Waals surface area contributed by atoms with E-state index in [9.17, 15) is 78.6 Å². The molecular weight excluding hydrogens is 1050 g/mol. The molecule has 2 heterocycles. The second kappa shape index (κ2) is 27.1. The number of rotatable bonds is 24. The number of carboxylic acid groups (broad SMARTS) is 3. The molecule has 0 bridgehead atoms. The Labute approximate surface area is 437 Å². The highest BCUT2D eigenvalue weighted by atomic mass is 32.2. The SMILES string of the molecule is CC[C@H](C)C(=O)O[C@@H](C)[C@@]1(O)[C@H](C)O[C@@H](O[C@H]2[C@@H](O)[C@H]([C@@]3(O)CC(=O)C(N)=C(C(=O)O)C3=O)O[C@H](COC(C)=O)[C@H]2OC(=O)C(NC(=S)SC[C@H](NC(C)=O)C(=O)O)C(C)SC[C@H](NC(C)=O)C(=O)O)C[C@@H]1OC. The maximum Gasteiger partial charge on any atom is 0.341 e. The number of aliphatic hydroxyl groups excluding tert-OH is 1. The monoisotopic (exact) mass is 1110 g/mol. The van der Waals surface area contributed by atoms with Crippen LogP contribution >= 0.6 is 35.7 Å². The van der Waals surface area contributed by atoms with Crippen molar-refractivity contribution < 1.29 is 112 Å². The number of Topliss-reactive ketones (excluding diaryl/α,β-unsaturated/α-hetero) is 2. The Bertz CT molecular complexity index is 2200. The third kappa shape index (κ3) is 15.5. The van der Waals surface area contributed by atoms with Crippen LogP contribution in [0.5, 0.6) is 0 Å². The third-order valence-electron chi connectivity index (χ3n) is 12.4. The highest BCUT2D eigenvalue weighted by Crippen LogP contribution is 2.41. The van der Waals surface area contributed by atoms with E-state index < -0.39 is 186 Å². The molecule has 30 heteroatoms. The Morgan fingerprint density at radius 1 is 0.892 bits per heavy atom. The van der Waals surface area contributed by atoms with Crippen molar-refractivity contribution in [1.82, 2.24) is 16.0 Å². The van der Waals surface area contributed by atoms with Crippen molar-refractivity contribution in [3.63, 3.8) is 0 Å². The zero-order valence-electron chi connectivity index (χ0n) is 41.8. The first-order valence-electron chi connectivity index (χ1n) is 22.9. The topological polar surface area (TPSA) is 419 Å². The molecule has 2 unspecified atom stereocenters. The van der Waals surface area contributed by atoms with Gasteiger partial charge in [-0.2, -0.15) is 11.8 Å². The minimum Gasteiger partial charge on any atom is -0.480 e. The van der Waals surface area contributed by atoms with E-state index in [0.717, 1.165) is 32.5 Å². The summed E-state index contributed by atoms with van der Waals surface area (Å²) in [4.78, 5) is 127. The number of hydrogen-bond donors (Lipinski definition) is 10. The van der Waals surface area contributed by atoms with Gasteiger partial charge in [0.05, 0.1) is 30.2 Å². The number of carboxylic acids is 3. The summed E-state index contributed by atoms with van der Waals surface area (Å²) in [5, 5.41) is 71.9. The van der Waals surface area contributed by atoms with Gasteiger partial charge in [-0.15, -0.1) is 0 Å². The number of nitrogens with two attached hydrogens (primary N) is 1. The highest BCUT2D eigenvalue weighted by Gasteiger charge is 2.63. The molecule has 0 spiro atoms. The number of esters is 3. The quantitative estimate of drug-likeness (QED) is 0.0210. The van der Waals surface area contributed by atoms with Crippen molar-refractivity contribution in [3.8, 4) is 0 Å². The van der Waals surface area contributed by atoms with E-state index in [1.54, 1.807) is 13.8 Å². The molecule has 0 aromatic rings. The van der Waals surface area contributed by atoms with Crippen LogP contribution in [0.2, 0.25) is 0 Å². The van der Waals surface area contributed by atoms with Gasteiger partial charge in [-0.05, 0) is 20.3 Å². The van der Waals surface area contributed by atoms with E-state index in [0.29, 0.717) is 18.2 Å². The lowest BCUT2D eigenvalue weighted by molar-refractivity contribution is -0.344. The summed E-state index contributed by atoms with van der Waals surface area (Å²) in [5.74, 6) is -13.5. The number of aliphatic carboxylic acids is 3. The van der Waals surface area contributed by atoms with E-state index in [1.165, 1.54) is 27.9 Å². The molecule has 2 amide bonds. The molecule has 0 aromatic heterocycles. The molecule has 2 aliphatic heterocycles. The highest BCUT2D eigenvalue weighted by molar-refractivity contribution is 8.23. The van der Waals surface area contributed by atoms with Crippen molar-refractivity contribution in [2.45, 2.75) is 164 Å². The number of carbonyl (C=O) groups is 10. The van der Waals surface area contributed by atoms with Crippen molar-refractivity contribution >= 4 is 99.3 Å². The number of nitrogens with one attached hydrogen (secondary N) is 3. The number of carbonyl (C=O) groups excluding carboxylic acids is 7. The fourth-order valence-electron chi connectivity index (χ4n) is 8.09. The molecule has 74 heavy (non-hydrogen) atoms. The lowest BCUT2D eigenvalue weighted by Gasteiger charge is -2.52. The Morgan fingerprint density at radius 2 is 1.47 bits per heavy atom. The molecule has 416 valence electrons. The fraction of sp³-hybridized carbons (Fsp3) is 0.705. The van der Waals surface area contributed by atoms with Crippen molar-refractivity contribution in [1.29, 1.82) is 0 Å². The minimum absolute atomic E-state index is 0.270. The molecule has 11 N–H and O–H groups in total. The first kappa shape index (κ1) is 63.2. The van der Waals surface area contributed by atoms with E-state index in [4.69, 9.17) is 51.1 Å². The summed E-state index contributed by atoms with van der Waals surface area (Å²) in [6, 6.07) is -4.66. The number of hydrogen-bond acceptors (Lipinski definition) is 24. The Morgan fingerprint density at radius 3 is 1.99 bits per heavy atom. The predicted molar refractivity (Wildman–Crippen MR) is 259 cm³/mol. The Balaban J connectivity index is 2.22. The number of amides is 2. The molecule has 16 atom stereocenters. The Kier molecular flexibility index (Phi) is 23.2. The lowest BCUT2D eigenvalue weighted by Crippen LogP contribution is -2.71. The summed E-state index contributed by atoms with van der Waals surface area (Å²) in [6.07, 6.45) is -17.8. The number of aliphatic hydroxyl groups is 3. The van der Waals surface area contributed by atoms with Crippen molar-refractivity contribution in [2.75, 3.05) is 25.2 Å². The second-order valence-corrected chi connectivity index (χ2v) is 20.8. The first-order valence-corrected chi connectivity index (χ1v) is 25.3. The van der Waals surface area contributed by atoms with E-state index in [1.807, 2.05) is 0 Å². The number of thioether (sulfide) groups is 2. The summed E-state index contributed by atoms with van der Waals surface area (Å²) >= 11 is 6.91. The van der Waals surface area contributed by atoms with Crippen LogP contribution in [0.25, 0.3) is 0 Å². The van der Waals surface area contributed by atoms with Crippen LogP contribution in [0.15, 0.2) is 11.3 Å². The Hall–Kier alpha value is -5.05. The van der Waals surface area contributed by atoms with Gasteiger partial charge in [-0.1, -0.05) is 44.8 Å². The van der Waals surface area contributed by atoms with Gasteiger partial charge >= 0.3 is 35.8 Å². The van der Waals surface area contributed by atoms with Crippen LogP contribution in [0, 0.1) is 5.92 Å². The average Bonchev–Trinajstić information content (AvgIpc) is 3.30. The number of ketones is 2. The number of ether oxygens (including phenoxy) is 7. The second-order valence-electron chi connectivity index (χ2n) is 17.7. The van der Waals surface area contributed by atoms with Crippen LogP contribution in [0.4, 0.5) is 0 Å².